The highest BCUT2D eigenvalue weighted by Crippen LogP contribution is 2.22. The summed E-state index contributed by atoms with van der Waals surface area (Å²) in [4.78, 5) is 12.7. The van der Waals surface area contributed by atoms with Crippen LogP contribution in [0.3, 0.4) is 0 Å². The van der Waals surface area contributed by atoms with Crippen LogP contribution in [0.15, 0.2) is 35.4 Å². The van der Waals surface area contributed by atoms with Gasteiger partial charge in [0.2, 0.25) is 5.91 Å². The van der Waals surface area contributed by atoms with E-state index in [1.54, 1.807) is 12.1 Å². The van der Waals surface area contributed by atoms with Gasteiger partial charge in [-0.15, -0.1) is 11.3 Å². The summed E-state index contributed by atoms with van der Waals surface area (Å²) in [6, 6.07) is 9.14. The number of amides is 1. The number of rotatable bonds is 7. The minimum atomic E-state index is -0.145. The van der Waals surface area contributed by atoms with Crippen LogP contribution in [0.1, 0.15) is 30.2 Å². The lowest BCUT2D eigenvalue weighted by Crippen LogP contribution is -2.19. The zero-order valence-corrected chi connectivity index (χ0v) is 15.8. The van der Waals surface area contributed by atoms with Gasteiger partial charge in [-0.2, -0.15) is 5.10 Å². The zero-order valence-electron chi connectivity index (χ0n) is 13.4. The average molecular weight is 385 g/mol. The summed E-state index contributed by atoms with van der Waals surface area (Å²) in [5, 5.41) is 4.76. The highest BCUT2D eigenvalue weighted by Gasteiger charge is 2.05. The first-order valence-corrected chi connectivity index (χ1v) is 9.01. The Morgan fingerprint density at radius 1 is 1.29 bits per heavy atom. The summed E-state index contributed by atoms with van der Waals surface area (Å²) in [6.07, 6.45) is 0.946. The SMILES string of the molecule is C/C(=N\NC(=O)CCCOc1ccc(Cl)cc1C)c1ccc(Cl)s1. The lowest BCUT2D eigenvalue weighted by atomic mass is 10.2. The largest absolute Gasteiger partial charge is 0.493 e. The maximum Gasteiger partial charge on any atom is 0.240 e. The van der Waals surface area contributed by atoms with Gasteiger partial charge in [-0.25, -0.2) is 5.43 Å². The Labute approximate surface area is 155 Å². The molecular weight excluding hydrogens is 367 g/mol. The fourth-order valence-electron chi connectivity index (χ4n) is 1.96. The molecule has 0 saturated carbocycles. The number of thiophene rings is 1. The van der Waals surface area contributed by atoms with Crippen LogP contribution < -0.4 is 10.2 Å². The number of carbonyl (C=O) groups is 1. The number of hydrogen-bond donors (Lipinski definition) is 1. The molecule has 128 valence electrons. The number of hydrazone groups is 1. The van der Waals surface area contributed by atoms with Crippen molar-refractivity contribution >= 4 is 46.2 Å². The molecule has 1 heterocycles. The third-order valence-corrected chi connectivity index (χ3v) is 4.80. The molecule has 0 aliphatic carbocycles. The molecule has 1 aromatic carbocycles. The maximum absolute atomic E-state index is 11.8. The van der Waals surface area contributed by atoms with Crippen molar-refractivity contribution in [3.8, 4) is 5.75 Å². The van der Waals surface area contributed by atoms with E-state index in [-0.39, 0.29) is 5.91 Å². The minimum Gasteiger partial charge on any atom is -0.493 e. The fraction of sp³-hybridized carbons (Fsp3) is 0.294. The van der Waals surface area contributed by atoms with Gasteiger partial charge in [0.25, 0.3) is 0 Å². The summed E-state index contributed by atoms with van der Waals surface area (Å²) < 4.78 is 6.35. The zero-order chi connectivity index (χ0) is 17.5. The quantitative estimate of drug-likeness (QED) is 0.411. The van der Waals surface area contributed by atoms with Crippen molar-refractivity contribution in [2.75, 3.05) is 6.61 Å². The van der Waals surface area contributed by atoms with Crippen LogP contribution >= 0.6 is 34.5 Å². The molecule has 2 aromatic rings. The highest BCUT2D eigenvalue weighted by molar-refractivity contribution is 7.18. The van der Waals surface area contributed by atoms with Crippen molar-refractivity contribution in [3.05, 3.63) is 50.1 Å². The number of nitrogens with one attached hydrogen (secondary N) is 1. The summed E-state index contributed by atoms with van der Waals surface area (Å²) in [7, 11) is 0. The van der Waals surface area contributed by atoms with Crippen LogP contribution in [0.5, 0.6) is 5.75 Å². The van der Waals surface area contributed by atoms with Crippen molar-refractivity contribution in [3.63, 3.8) is 0 Å². The molecule has 0 atom stereocenters. The monoisotopic (exact) mass is 384 g/mol. The van der Waals surface area contributed by atoms with Crippen molar-refractivity contribution in [1.82, 2.24) is 5.43 Å². The standard InChI is InChI=1S/C17H18Cl2N2O2S/c1-11-10-13(18)5-6-14(11)23-9-3-4-17(22)21-20-12(2)15-7-8-16(19)24-15/h5-8,10H,3-4,9H2,1-2H3,(H,21,22)/b20-12+. The van der Waals surface area contributed by atoms with Crippen molar-refractivity contribution in [1.29, 1.82) is 0 Å². The van der Waals surface area contributed by atoms with E-state index < -0.39 is 0 Å². The van der Waals surface area contributed by atoms with E-state index in [9.17, 15) is 4.79 Å². The molecule has 0 bridgehead atoms. The van der Waals surface area contributed by atoms with Gasteiger partial charge in [0.1, 0.15) is 5.75 Å². The Morgan fingerprint density at radius 3 is 2.75 bits per heavy atom. The lowest BCUT2D eigenvalue weighted by molar-refractivity contribution is -0.121. The van der Waals surface area contributed by atoms with Crippen LogP contribution in [0.2, 0.25) is 9.36 Å². The van der Waals surface area contributed by atoms with E-state index in [1.165, 1.54) is 11.3 Å². The van der Waals surface area contributed by atoms with Crippen LogP contribution in [0.25, 0.3) is 0 Å². The van der Waals surface area contributed by atoms with Gasteiger partial charge < -0.3 is 4.74 Å². The summed E-state index contributed by atoms with van der Waals surface area (Å²) in [6.45, 7) is 4.22. The van der Waals surface area contributed by atoms with E-state index in [4.69, 9.17) is 27.9 Å². The molecule has 2 rings (SSSR count). The van der Waals surface area contributed by atoms with Crippen molar-refractivity contribution in [2.45, 2.75) is 26.7 Å². The average Bonchev–Trinajstić information content (AvgIpc) is 2.97. The van der Waals surface area contributed by atoms with Gasteiger partial charge in [-0.1, -0.05) is 23.2 Å². The molecule has 4 nitrogen and oxygen atoms in total. The van der Waals surface area contributed by atoms with E-state index in [1.807, 2.05) is 32.0 Å². The molecule has 0 aliphatic rings. The van der Waals surface area contributed by atoms with E-state index in [2.05, 4.69) is 10.5 Å². The Morgan fingerprint density at radius 2 is 2.08 bits per heavy atom. The molecule has 0 unspecified atom stereocenters. The van der Waals surface area contributed by atoms with Gasteiger partial charge in [-0.05, 0) is 56.2 Å². The minimum absolute atomic E-state index is 0.145. The molecule has 1 amide bonds. The first-order chi connectivity index (χ1) is 11.5. The fourth-order valence-corrected chi connectivity index (χ4v) is 3.17. The Kier molecular flexibility index (Phi) is 7.09. The maximum atomic E-state index is 11.8. The van der Waals surface area contributed by atoms with Crippen LogP contribution in [0.4, 0.5) is 0 Å². The second kappa shape index (κ2) is 9.06. The Bertz CT molecular complexity index is 744. The summed E-state index contributed by atoms with van der Waals surface area (Å²) in [5.41, 5.74) is 4.25. The topological polar surface area (TPSA) is 50.7 Å². The third kappa shape index (κ3) is 5.82. The summed E-state index contributed by atoms with van der Waals surface area (Å²) in [5.74, 6) is 0.636. The van der Waals surface area contributed by atoms with E-state index in [0.29, 0.717) is 28.8 Å². The molecule has 1 aromatic heterocycles. The molecule has 7 heteroatoms. The molecular formula is C17H18Cl2N2O2S. The second-order valence-electron chi connectivity index (χ2n) is 5.20. The number of halogens is 2. The van der Waals surface area contributed by atoms with Crippen molar-refractivity contribution in [2.24, 2.45) is 5.10 Å². The molecule has 0 fully saturated rings. The number of benzene rings is 1. The second-order valence-corrected chi connectivity index (χ2v) is 7.35. The Hall–Kier alpha value is -1.56. The number of carbonyl (C=O) groups excluding carboxylic acids is 1. The molecule has 0 spiro atoms. The first kappa shape index (κ1) is 18.8. The van der Waals surface area contributed by atoms with Gasteiger partial charge in [0.05, 0.1) is 21.5 Å². The van der Waals surface area contributed by atoms with Crippen LogP contribution in [-0.4, -0.2) is 18.2 Å². The predicted octanol–water partition coefficient (Wildman–Crippen LogP) is 5.06. The number of hydrogen-bond acceptors (Lipinski definition) is 4. The smallest absolute Gasteiger partial charge is 0.240 e. The number of aryl methyl sites for hydroxylation is 1. The van der Waals surface area contributed by atoms with Gasteiger partial charge in [-0.3, -0.25) is 4.79 Å². The molecule has 1 N–H and O–H groups in total. The molecule has 0 radical (unpaired) electrons. The summed E-state index contributed by atoms with van der Waals surface area (Å²) >= 11 is 13.2. The predicted molar refractivity (Wildman–Crippen MR) is 101 cm³/mol. The van der Waals surface area contributed by atoms with Crippen molar-refractivity contribution < 1.29 is 9.53 Å². The first-order valence-electron chi connectivity index (χ1n) is 7.43. The van der Waals surface area contributed by atoms with Crippen LogP contribution in [0, 0.1) is 6.92 Å². The Balaban J connectivity index is 1.71. The normalized spacial score (nSPS) is 11.4. The molecule has 0 saturated heterocycles. The number of ether oxygens (including phenoxy) is 1. The highest BCUT2D eigenvalue weighted by atomic mass is 35.5. The van der Waals surface area contributed by atoms with E-state index >= 15 is 0 Å². The molecule has 24 heavy (non-hydrogen) atoms. The molecule has 0 aliphatic heterocycles. The van der Waals surface area contributed by atoms with E-state index in [0.717, 1.165) is 21.9 Å². The van der Waals surface area contributed by atoms with Gasteiger partial charge >= 0.3 is 0 Å². The van der Waals surface area contributed by atoms with Gasteiger partial charge in [0, 0.05) is 11.4 Å². The number of nitrogens with zero attached hydrogens (tertiary/aromatic N) is 1. The van der Waals surface area contributed by atoms with Gasteiger partial charge in [0.15, 0.2) is 0 Å². The third-order valence-electron chi connectivity index (χ3n) is 3.22. The van der Waals surface area contributed by atoms with Crippen LogP contribution in [-0.2, 0) is 4.79 Å². The lowest BCUT2D eigenvalue weighted by Gasteiger charge is -2.09.